The number of rotatable bonds is 6. The highest BCUT2D eigenvalue weighted by molar-refractivity contribution is 5.34. The number of hydrogen-bond acceptors (Lipinski definition) is 1. The van der Waals surface area contributed by atoms with Gasteiger partial charge in [0.25, 0.3) is 0 Å². The van der Waals surface area contributed by atoms with Crippen LogP contribution in [0.1, 0.15) is 59.3 Å². The Morgan fingerprint density at radius 3 is 2.39 bits per heavy atom. The molecule has 1 fully saturated rings. The summed E-state index contributed by atoms with van der Waals surface area (Å²) in [6.07, 6.45) is 12.5. The summed E-state index contributed by atoms with van der Waals surface area (Å²) in [7, 11) is 0. The van der Waals surface area contributed by atoms with Crippen LogP contribution in [0.3, 0.4) is 0 Å². The predicted octanol–water partition coefficient (Wildman–Crippen LogP) is 4.79. The summed E-state index contributed by atoms with van der Waals surface area (Å²) >= 11 is 0. The molecule has 1 aliphatic carbocycles. The Balaban J connectivity index is 2.91. The van der Waals surface area contributed by atoms with Crippen molar-refractivity contribution in [1.29, 1.82) is 0 Å². The van der Waals surface area contributed by atoms with E-state index in [0.29, 0.717) is 5.92 Å². The van der Waals surface area contributed by atoms with Crippen molar-refractivity contribution >= 4 is 0 Å². The third-order valence-electron chi connectivity index (χ3n) is 4.03. The van der Waals surface area contributed by atoms with E-state index in [2.05, 4.69) is 45.6 Å². The molecular weight excluding hydrogens is 220 g/mol. The van der Waals surface area contributed by atoms with Crippen molar-refractivity contribution in [3.63, 3.8) is 0 Å². The summed E-state index contributed by atoms with van der Waals surface area (Å²) in [5.74, 6) is 0.518. The molecule has 1 aliphatic rings. The summed E-state index contributed by atoms with van der Waals surface area (Å²) < 4.78 is 0. The predicted molar refractivity (Wildman–Crippen MR) is 79.5 cm³/mol. The SMILES string of the molecule is C=C(/C=C\C(=C/C(C)CC)C1(O)CCCC1)CC. The molecule has 1 saturated carbocycles. The zero-order valence-corrected chi connectivity index (χ0v) is 12.2. The van der Waals surface area contributed by atoms with Crippen LogP contribution in [0.25, 0.3) is 0 Å². The molecule has 0 bridgehead atoms. The molecule has 0 saturated heterocycles. The molecule has 0 aromatic heterocycles. The minimum Gasteiger partial charge on any atom is -0.385 e. The van der Waals surface area contributed by atoms with Crippen molar-refractivity contribution in [2.24, 2.45) is 5.92 Å². The Morgan fingerprint density at radius 1 is 1.28 bits per heavy atom. The Bertz CT molecular complexity index is 330. The van der Waals surface area contributed by atoms with E-state index in [9.17, 15) is 5.11 Å². The van der Waals surface area contributed by atoms with Crippen LogP contribution >= 0.6 is 0 Å². The van der Waals surface area contributed by atoms with E-state index in [0.717, 1.165) is 49.7 Å². The summed E-state index contributed by atoms with van der Waals surface area (Å²) in [6.45, 7) is 10.5. The molecule has 0 spiro atoms. The molecule has 0 heterocycles. The molecule has 1 rings (SSSR count). The van der Waals surface area contributed by atoms with E-state index in [1.807, 2.05) is 0 Å². The van der Waals surface area contributed by atoms with Crippen molar-refractivity contribution in [1.82, 2.24) is 0 Å². The quantitative estimate of drug-likeness (QED) is 0.670. The second kappa shape index (κ2) is 6.94. The molecule has 0 aromatic carbocycles. The van der Waals surface area contributed by atoms with Gasteiger partial charge in [-0.05, 0) is 30.8 Å². The Hall–Kier alpha value is -0.820. The monoisotopic (exact) mass is 248 g/mol. The summed E-state index contributed by atoms with van der Waals surface area (Å²) in [6, 6.07) is 0. The van der Waals surface area contributed by atoms with Crippen molar-refractivity contribution in [3.05, 3.63) is 36.0 Å². The lowest BCUT2D eigenvalue weighted by Gasteiger charge is -2.25. The van der Waals surface area contributed by atoms with Crippen LogP contribution in [0.2, 0.25) is 0 Å². The van der Waals surface area contributed by atoms with Crippen molar-refractivity contribution in [2.75, 3.05) is 0 Å². The van der Waals surface area contributed by atoms with Gasteiger partial charge in [0.1, 0.15) is 0 Å². The van der Waals surface area contributed by atoms with Gasteiger partial charge >= 0.3 is 0 Å². The van der Waals surface area contributed by atoms with Gasteiger partial charge in [0.05, 0.1) is 5.60 Å². The maximum absolute atomic E-state index is 10.7. The van der Waals surface area contributed by atoms with Gasteiger partial charge in [0.15, 0.2) is 0 Å². The largest absolute Gasteiger partial charge is 0.385 e. The van der Waals surface area contributed by atoms with Crippen LogP contribution in [0.15, 0.2) is 36.0 Å². The molecular formula is C17H28O. The van der Waals surface area contributed by atoms with Crippen molar-refractivity contribution in [2.45, 2.75) is 64.9 Å². The fourth-order valence-corrected chi connectivity index (χ4v) is 2.36. The molecule has 1 nitrogen and oxygen atoms in total. The lowest BCUT2D eigenvalue weighted by molar-refractivity contribution is 0.0893. The summed E-state index contributed by atoms with van der Waals surface area (Å²) in [5.41, 5.74) is 1.63. The highest BCUT2D eigenvalue weighted by atomic mass is 16.3. The Labute approximate surface area is 112 Å². The third kappa shape index (κ3) is 4.13. The molecule has 0 aliphatic heterocycles. The molecule has 0 aromatic rings. The maximum atomic E-state index is 10.7. The molecule has 102 valence electrons. The lowest BCUT2D eigenvalue weighted by Crippen LogP contribution is -2.26. The van der Waals surface area contributed by atoms with Crippen LogP contribution in [0, 0.1) is 5.92 Å². The normalized spacial score (nSPS) is 21.4. The average Bonchev–Trinajstić information content (AvgIpc) is 2.81. The van der Waals surface area contributed by atoms with Crippen LogP contribution in [0.5, 0.6) is 0 Å². The highest BCUT2D eigenvalue weighted by Gasteiger charge is 2.33. The van der Waals surface area contributed by atoms with Gasteiger partial charge in [-0.3, -0.25) is 0 Å². The zero-order valence-electron chi connectivity index (χ0n) is 12.2. The standard InChI is InChI=1S/C17H28O/c1-5-14(3)9-10-16(13-15(4)6-2)17(18)11-7-8-12-17/h9-10,13,15,18H,3,5-8,11-12H2,1-2,4H3/b10-9-,16-13+. The van der Waals surface area contributed by atoms with Crippen LogP contribution in [0.4, 0.5) is 0 Å². The minimum absolute atomic E-state index is 0.518. The van der Waals surface area contributed by atoms with E-state index in [1.165, 1.54) is 0 Å². The fraction of sp³-hybridized carbons (Fsp3) is 0.647. The Morgan fingerprint density at radius 2 is 1.89 bits per heavy atom. The highest BCUT2D eigenvalue weighted by Crippen LogP contribution is 2.37. The van der Waals surface area contributed by atoms with Gasteiger partial charge in [0, 0.05) is 0 Å². The van der Waals surface area contributed by atoms with Gasteiger partial charge in [0.2, 0.25) is 0 Å². The average molecular weight is 248 g/mol. The summed E-state index contributed by atoms with van der Waals surface area (Å²) in [5, 5.41) is 10.7. The second-order valence-corrected chi connectivity index (χ2v) is 5.59. The van der Waals surface area contributed by atoms with Crippen LogP contribution in [-0.4, -0.2) is 10.7 Å². The first-order valence-corrected chi connectivity index (χ1v) is 7.32. The minimum atomic E-state index is -0.589. The second-order valence-electron chi connectivity index (χ2n) is 5.59. The van der Waals surface area contributed by atoms with Gasteiger partial charge in [-0.15, -0.1) is 0 Å². The molecule has 18 heavy (non-hydrogen) atoms. The van der Waals surface area contributed by atoms with Crippen LogP contribution in [-0.2, 0) is 0 Å². The van der Waals surface area contributed by atoms with E-state index in [4.69, 9.17) is 0 Å². The first kappa shape index (κ1) is 15.2. The third-order valence-corrected chi connectivity index (χ3v) is 4.03. The number of aliphatic hydroxyl groups is 1. The number of allylic oxidation sites excluding steroid dienone is 3. The molecule has 1 unspecified atom stereocenters. The molecule has 1 heteroatoms. The van der Waals surface area contributed by atoms with Gasteiger partial charge in [-0.1, -0.05) is 70.4 Å². The smallest absolute Gasteiger partial charge is 0.0893 e. The molecule has 0 radical (unpaired) electrons. The maximum Gasteiger partial charge on any atom is 0.0893 e. The van der Waals surface area contributed by atoms with Gasteiger partial charge < -0.3 is 5.11 Å². The number of hydrogen-bond donors (Lipinski definition) is 1. The van der Waals surface area contributed by atoms with E-state index < -0.39 is 5.60 Å². The zero-order chi connectivity index (χ0) is 13.6. The van der Waals surface area contributed by atoms with Gasteiger partial charge in [-0.2, -0.15) is 0 Å². The molecule has 0 amide bonds. The fourth-order valence-electron chi connectivity index (χ4n) is 2.36. The van der Waals surface area contributed by atoms with Crippen molar-refractivity contribution in [3.8, 4) is 0 Å². The Kier molecular flexibility index (Phi) is 5.87. The topological polar surface area (TPSA) is 20.2 Å². The molecule has 1 N–H and O–H groups in total. The van der Waals surface area contributed by atoms with E-state index >= 15 is 0 Å². The first-order chi connectivity index (χ1) is 8.51. The lowest BCUT2D eigenvalue weighted by atomic mass is 9.88. The first-order valence-electron chi connectivity index (χ1n) is 7.32. The van der Waals surface area contributed by atoms with Crippen LogP contribution < -0.4 is 0 Å². The summed E-state index contributed by atoms with van der Waals surface area (Å²) in [4.78, 5) is 0. The van der Waals surface area contributed by atoms with Crippen molar-refractivity contribution < 1.29 is 5.11 Å². The van der Waals surface area contributed by atoms with E-state index in [-0.39, 0.29) is 0 Å². The van der Waals surface area contributed by atoms with Gasteiger partial charge in [-0.25, -0.2) is 0 Å². The van der Waals surface area contributed by atoms with E-state index in [1.54, 1.807) is 0 Å². The molecule has 1 atom stereocenters.